The molecular formula is C23H27ClN6O6P2. The van der Waals surface area contributed by atoms with Crippen molar-refractivity contribution in [1.82, 2.24) is 19.5 Å². The van der Waals surface area contributed by atoms with Crippen LogP contribution in [0, 0.1) is 0 Å². The number of aromatic nitrogens is 4. The molecule has 12 nitrogen and oxygen atoms in total. The zero-order valence-electron chi connectivity index (χ0n) is 20.0. The van der Waals surface area contributed by atoms with Crippen LogP contribution in [0.4, 0.5) is 17.5 Å². The van der Waals surface area contributed by atoms with Gasteiger partial charge in [0, 0.05) is 23.8 Å². The second-order valence-corrected chi connectivity index (χ2v) is 12.6. The molecule has 0 saturated carbocycles. The lowest BCUT2D eigenvalue weighted by molar-refractivity contribution is 0.157. The third-order valence-corrected chi connectivity index (χ3v) is 9.29. The topological polar surface area (TPSA) is 183 Å². The van der Waals surface area contributed by atoms with Gasteiger partial charge in [-0.2, -0.15) is 9.97 Å². The summed E-state index contributed by atoms with van der Waals surface area (Å²) in [6, 6.07) is 14.0. The van der Waals surface area contributed by atoms with Crippen molar-refractivity contribution in [2.45, 2.75) is 30.9 Å². The molecular weight excluding hydrogens is 554 g/mol. The second-order valence-electron chi connectivity index (χ2n) is 8.63. The highest BCUT2D eigenvalue weighted by Crippen LogP contribution is 2.57. The molecule has 15 heteroatoms. The maximum absolute atomic E-state index is 11.5. The van der Waals surface area contributed by atoms with E-state index >= 15 is 0 Å². The van der Waals surface area contributed by atoms with Crippen LogP contribution >= 0.6 is 27.7 Å². The number of nitrogens with zero attached hydrogens (tertiary/aromatic N) is 4. The third kappa shape index (κ3) is 6.71. The monoisotopic (exact) mass is 580 g/mol. The number of hydrogen-bond acceptors (Lipinski definition) is 9. The van der Waals surface area contributed by atoms with Crippen LogP contribution in [0.3, 0.4) is 0 Å². The first-order valence-corrected chi connectivity index (χ1v) is 14.6. The molecule has 0 aliphatic heterocycles. The van der Waals surface area contributed by atoms with Gasteiger partial charge in [-0.1, -0.05) is 29.8 Å². The molecule has 2 aromatic heterocycles. The van der Waals surface area contributed by atoms with Gasteiger partial charge in [0.2, 0.25) is 11.0 Å². The lowest BCUT2D eigenvalue weighted by atomic mass is 10.1. The number of aryl methyl sites for hydroxylation is 2. The molecule has 4 aromatic rings. The predicted molar refractivity (Wildman–Crippen MR) is 147 cm³/mol. The number of fused-ring (bicyclic) bond motifs is 1. The summed E-state index contributed by atoms with van der Waals surface area (Å²) in [4.78, 5) is 32.2. The van der Waals surface area contributed by atoms with Crippen LogP contribution in [0.5, 0.6) is 5.75 Å². The highest BCUT2D eigenvalue weighted by Gasteiger charge is 2.43. The van der Waals surface area contributed by atoms with Gasteiger partial charge in [0.25, 0.3) is 0 Å². The van der Waals surface area contributed by atoms with E-state index in [9.17, 15) is 29.1 Å². The van der Waals surface area contributed by atoms with Crippen LogP contribution in [-0.2, 0) is 22.1 Å². The largest absolute Gasteiger partial charge is 0.508 e. The number of rotatable bonds is 12. The van der Waals surface area contributed by atoms with E-state index in [0.29, 0.717) is 40.7 Å². The van der Waals surface area contributed by atoms with Gasteiger partial charge in [0.15, 0.2) is 17.0 Å². The standard InChI is InChI=1S/C23H27ClN6O6P2/c24-16-3-1-4-17(13-16)27-20-19-21(30(14-26-19)12-9-15-5-7-18(31)8-6-15)29-22(28-20)25-11-2-10-23(32,37-33)38(34,35)36/h1,3-8,13-14,31-32H,2,9-12,37H2,(H2,34,35,36)(H2,25,27,28,29). The fourth-order valence-electron chi connectivity index (χ4n) is 3.71. The Morgan fingerprint density at radius 3 is 2.58 bits per heavy atom. The number of nitrogens with one attached hydrogen (secondary N) is 2. The summed E-state index contributed by atoms with van der Waals surface area (Å²) in [6.07, 6.45) is 2.07. The van der Waals surface area contributed by atoms with Crippen molar-refractivity contribution < 1.29 is 29.1 Å². The molecule has 4 rings (SSSR count). The van der Waals surface area contributed by atoms with E-state index in [1.165, 1.54) is 0 Å². The highest BCUT2D eigenvalue weighted by molar-refractivity contribution is 7.63. The van der Waals surface area contributed by atoms with Crippen molar-refractivity contribution in [2.75, 3.05) is 17.2 Å². The van der Waals surface area contributed by atoms with Crippen LogP contribution in [0.1, 0.15) is 18.4 Å². The summed E-state index contributed by atoms with van der Waals surface area (Å²) >= 11 is 6.12. The van der Waals surface area contributed by atoms with Crippen LogP contribution in [0.15, 0.2) is 54.9 Å². The van der Waals surface area contributed by atoms with Gasteiger partial charge in [-0.15, -0.1) is 0 Å². The van der Waals surface area contributed by atoms with Crippen molar-refractivity contribution in [3.8, 4) is 5.75 Å². The smallest absolute Gasteiger partial charge is 0.363 e. The predicted octanol–water partition coefficient (Wildman–Crippen LogP) is 3.94. The molecule has 0 bridgehead atoms. The Morgan fingerprint density at radius 2 is 1.89 bits per heavy atom. The molecule has 0 fully saturated rings. The van der Waals surface area contributed by atoms with E-state index < -0.39 is 21.1 Å². The molecule has 0 amide bonds. The number of aromatic hydroxyl groups is 1. The number of phenols is 1. The molecule has 6 N–H and O–H groups in total. The first-order valence-electron chi connectivity index (χ1n) is 11.6. The van der Waals surface area contributed by atoms with Gasteiger partial charge in [-0.25, -0.2) is 4.98 Å². The SMILES string of the molecule is O=[PH2]C(O)(CCCNc1nc(Nc2cccc(Cl)c2)c2ncn(CCc3ccc(O)cc3)c2n1)P(=O)(O)O. The van der Waals surface area contributed by atoms with E-state index in [1.807, 2.05) is 22.8 Å². The van der Waals surface area contributed by atoms with E-state index in [-0.39, 0.29) is 31.1 Å². The van der Waals surface area contributed by atoms with Gasteiger partial charge >= 0.3 is 7.60 Å². The van der Waals surface area contributed by atoms with Gasteiger partial charge in [0.05, 0.1) is 6.33 Å². The summed E-state index contributed by atoms with van der Waals surface area (Å²) < 4.78 is 24.7. The molecule has 2 atom stereocenters. The minimum absolute atomic E-state index is 0.107. The third-order valence-electron chi connectivity index (χ3n) is 5.83. The minimum Gasteiger partial charge on any atom is -0.508 e. The lowest BCUT2D eigenvalue weighted by Gasteiger charge is -2.23. The first kappa shape index (κ1) is 28.0. The van der Waals surface area contributed by atoms with Crippen molar-refractivity contribution in [3.63, 3.8) is 0 Å². The Kier molecular flexibility index (Phi) is 8.72. The van der Waals surface area contributed by atoms with Crippen LogP contribution in [0.25, 0.3) is 11.2 Å². The molecule has 2 unspecified atom stereocenters. The van der Waals surface area contributed by atoms with Gasteiger partial charge < -0.3 is 39.8 Å². The molecule has 2 aromatic carbocycles. The average molecular weight is 581 g/mol. The fourth-order valence-corrected chi connectivity index (χ4v) is 5.22. The van der Waals surface area contributed by atoms with Gasteiger partial charge in [-0.3, -0.25) is 4.57 Å². The van der Waals surface area contributed by atoms with E-state index in [4.69, 9.17) is 11.6 Å². The number of phenolic OH excluding ortho intramolecular Hbond substituents is 1. The van der Waals surface area contributed by atoms with Crippen molar-refractivity contribution in [3.05, 3.63) is 65.4 Å². The normalized spacial score (nSPS) is 13.7. The average Bonchev–Trinajstić information content (AvgIpc) is 3.28. The number of imidazole rings is 1. The fraction of sp³-hybridized carbons (Fsp3) is 0.261. The second kappa shape index (κ2) is 11.8. The zero-order chi connectivity index (χ0) is 27.3. The van der Waals surface area contributed by atoms with Gasteiger partial charge in [0.1, 0.15) is 14.2 Å². The number of halogens is 1. The van der Waals surface area contributed by atoms with Crippen LogP contribution in [-0.4, -0.2) is 51.1 Å². The van der Waals surface area contributed by atoms with Gasteiger partial charge in [-0.05, 0) is 55.2 Å². The zero-order valence-corrected chi connectivity index (χ0v) is 22.8. The Morgan fingerprint density at radius 1 is 1.13 bits per heavy atom. The summed E-state index contributed by atoms with van der Waals surface area (Å²) in [5.41, 5.74) is 2.77. The quantitative estimate of drug-likeness (QED) is 0.105. The number of anilines is 3. The summed E-state index contributed by atoms with van der Waals surface area (Å²) in [6.45, 7) is 0.710. The molecule has 0 aliphatic carbocycles. The molecule has 0 spiro atoms. The van der Waals surface area contributed by atoms with Crippen LogP contribution < -0.4 is 10.6 Å². The number of benzene rings is 2. The summed E-state index contributed by atoms with van der Waals surface area (Å²) in [5.74, 6) is 0.833. The highest BCUT2D eigenvalue weighted by atomic mass is 35.5. The molecule has 38 heavy (non-hydrogen) atoms. The van der Waals surface area contributed by atoms with E-state index in [0.717, 1.165) is 5.56 Å². The van der Waals surface area contributed by atoms with Crippen molar-refractivity contribution >= 4 is 56.3 Å². The number of aliphatic hydroxyl groups is 1. The first-order chi connectivity index (χ1) is 18.1. The molecule has 0 saturated heterocycles. The van der Waals surface area contributed by atoms with Crippen molar-refractivity contribution in [1.29, 1.82) is 0 Å². The maximum atomic E-state index is 11.5. The maximum Gasteiger partial charge on any atom is 0.363 e. The Bertz CT molecular complexity index is 1480. The summed E-state index contributed by atoms with van der Waals surface area (Å²) in [7, 11) is -7.04. The van der Waals surface area contributed by atoms with E-state index in [2.05, 4.69) is 25.6 Å². The van der Waals surface area contributed by atoms with Crippen molar-refractivity contribution in [2.24, 2.45) is 0 Å². The minimum atomic E-state index is -4.94. The summed E-state index contributed by atoms with van der Waals surface area (Å²) in [5, 5.41) is 23.8. The Labute approximate surface area is 224 Å². The number of hydrogen-bond donors (Lipinski definition) is 6. The Hall–Kier alpha value is -2.98. The molecule has 0 radical (unpaired) electrons. The molecule has 202 valence electrons. The van der Waals surface area contributed by atoms with E-state index in [1.54, 1.807) is 36.7 Å². The molecule has 0 aliphatic rings. The Balaban J connectivity index is 1.57. The van der Waals surface area contributed by atoms with Crippen LogP contribution in [0.2, 0.25) is 5.02 Å². The lowest BCUT2D eigenvalue weighted by Crippen LogP contribution is -2.22. The molecule has 2 heterocycles.